The standard InChI is InChI=1S/C15H13Cl2N5O2/c1-24-15-7-5-13-20-19-12(22(13)21-15)4-6-14(23)18-11-3-2-9(16)8-10(11)17/h2-3,5,7-8H,4,6H2,1H3,(H,18,23). The van der Waals surface area contributed by atoms with E-state index in [-0.39, 0.29) is 12.3 Å². The first-order valence-electron chi connectivity index (χ1n) is 7.07. The monoisotopic (exact) mass is 365 g/mol. The topological polar surface area (TPSA) is 81.4 Å². The van der Waals surface area contributed by atoms with E-state index >= 15 is 0 Å². The van der Waals surface area contributed by atoms with Crippen LogP contribution >= 0.6 is 23.2 Å². The van der Waals surface area contributed by atoms with Crippen molar-refractivity contribution in [1.29, 1.82) is 0 Å². The molecule has 0 spiro atoms. The number of ether oxygens (including phenoxy) is 1. The molecule has 0 radical (unpaired) electrons. The molecular formula is C15H13Cl2N5O2. The Labute approximate surface area is 147 Å². The Balaban J connectivity index is 1.68. The van der Waals surface area contributed by atoms with Crippen molar-refractivity contribution in [3.8, 4) is 5.88 Å². The molecule has 0 atom stereocenters. The van der Waals surface area contributed by atoms with Gasteiger partial charge in [-0.2, -0.15) is 4.52 Å². The van der Waals surface area contributed by atoms with Gasteiger partial charge < -0.3 is 10.1 Å². The van der Waals surface area contributed by atoms with Crippen molar-refractivity contribution < 1.29 is 9.53 Å². The van der Waals surface area contributed by atoms with Gasteiger partial charge in [0.25, 0.3) is 0 Å². The molecule has 3 rings (SSSR count). The summed E-state index contributed by atoms with van der Waals surface area (Å²) in [5, 5.41) is 15.9. The molecule has 2 aromatic heterocycles. The highest BCUT2D eigenvalue weighted by molar-refractivity contribution is 6.36. The summed E-state index contributed by atoms with van der Waals surface area (Å²) in [6.07, 6.45) is 0.580. The molecule has 0 fully saturated rings. The lowest BCUT2D eigenvalue weighted by Crippen LogP contribution is -2.13. The maximum Gasteiger partial charge on any atom is 0.231 e. The fourth-order valence-corrected chi connectivity index (χ4v) is 2.57. The first-order valence-corrected chi connectivity index (χ1v) is 7.82. The molecule has 0 saturated carbocycles. The predicted molar refractivity (Wildman–Crippen MR) is 90.7 cm³/mol. The van der Waals surface area contributed by atoms with Crippen LogP contribution in [0.1, 0.15) is 12.2 Å². The zero-order valence-electron chi connectivity index (χ0n) is 12.7. The Morgan fingerprint density at radius 2 is 2.08 bits per heavy atom. The largest absolute Gasteiger partial charge is 0.480 e. The highest BCUT2D eigenvalue weighted by Gasteiger charge is 2.11. The number of amides is 1. The lowest BCUT2D eigenvalue weighted by molar-refractivity contribution is -0.116. The highest BCUT2D eigenvalue weighted by Crippen LogP contribution is 2.25. The molecular weight excluding hydrogens is 353 g/mol. The van der Waals surface area contributed by atoms with E-state index in [1.54, 1.807) is 34.8 Å². The average Bonchev–Trinajstić information content (AvgIpc) is 2.97. The Morgan fingerprint density at radius 1 is 1.25 bits per heavy atom. The first-order chi connectivity index (χ1) is 11.6. The minimum absolute atomic E-state index is 0.195. The van der Waals surface area contributed by atoms with Crippen LogP contribution in [-0.2, 0) is 11.2 Å². The normalized spacial score (nSPS) is 10.8. The molecule has 24 heavy (non-hydrogen) atoms. The second kappa shape index (κ2) is 7.02. The van der Waals surface area contributed by atoms with Gasteiger partial charge in [-0.15, -0.1) is 15.3 Å². The number of methoxy groups -OCH3 is 1. The molecule has 0 aliphatic carbocycles. The fourth-order valence-electron chi connectivity index (χ4n) is 2.11. The van der Waals surface area contributed by atoms with E-state index in [0.29, 0.717) is 39.5 Å². The minimum atomic E-state index is -0.195. The van der Waals surface area contributed by atoms with Gasteiger partial charge in [-0.1, -0.05) is 23.2 Å². The van der Waals surface area contributed by atoms with Crippen LogP contribution in [0.4, 0.5) is 5.69 Å². The molecule has 0 bridgehead atoms. The van der Waals surface area contributed by atoms with Gasteiger partial charge in [0, 0.05) is 23.9 Å². The van der Waals surface area contributed by atoms with Gasteiger partial charge in [-0.25, -0.2) is 0 Å². The summed E-state index contributed by atoms with van der Waals surface area (Å²) in [5.41, 5.74) is 1.10. The molecule has 2 heterocycles. The number of benzene rings is 1. The molecule has 3 aromatic rings. The summed E-state index contributed by atoms with van der Waals surface area (Å²) in [5.74, 6) is 0.820. The molecule has 1 N–H and O–H groups in total. The Bertz CT molecular complexity index is 897. The molecule has 1 amide bonds. The molecule has 9 heteroatoms. The maximum absolute atomic E-state index is 12.1. The second-order valence-corrected chi connectivity index (χ2v) is 5.78. The van der Waals surface area contributed by atoms with Crippen LogP contribution in [0.15, 0.2) is 30.3 Å². The Kier molecular flexibility index (Phi) is 4.82. The van der Waals surface area contributed by atoms with Gasteiger partial charge in [-0.3, -0.25) is 4.79 Å². The number of carbonyl (C=O) groups is 1. The van der Waals surface area contributed by atoms with Crippen molar-refractivity contribution in [2.75, 3.05) is 12.4 Å². The summed E-state index contributed by atoms with van der Waals surface area (Å²) < 4.78 is 6.64. The Morgan fingerprint density at radius 3 is 2.83 bits per heavy atom. The zero-order chi connectivity index (χ0) is 17.1. The van der Waals surface area contributed by atoms with Gasteiger partial charge in [0.1, 0.15) is 0 Å². The number of halogens is 2. The number of aromatic nitrogens is 4. The van der Waals surface area contributed by atoms with E-state index in [1.807, 2.05) is 0 Å². The summed E-state index contributed by atoms with van der Waals surface area (Å²) >= 11 is 11.9. The predicted octanol–water partition coefficient (Wildman–Crippen LogP) is 3.01. The van der Waals surface area contributed by atoms with Crippen LogP contribution in [0, 0.1) is 0 Å². The minimum Gasteiger partial charge on any atom is -0.480 e. The van der Waals surface area contributed by atoms with Crippen molar-refractivity contribution in [2.24, 2.45) is 0 Å². The molecule has 124 valence electrons. The third-order valence-corrected chi connectivity index (χ3v) is 3.84. The van der Waals surface area contributed by atoms with Crippen molar-refractivity contribution in [2.45, 2.75) is 12.8 Å². The van der Waals surface area contributed by atoms with Crippen LogP contribution in [-0.4, -0.2) is 32.8 Å². The molecule has 0 aliphatic heterocycles. The van der Waals surface area contributed by atoms with E-state index in [0.717, 1.165) is 0 Å². The second-order valence-electron chi connectivity index (χ2n) is 4.93. The van der Waals surface area contributed by atoms with Crippen LogP contribution < -0.4 is 10.1 Å². The number of carbonyl (C=O) groups excluding carboxylic acids is 1. The van der Waals surface area contributed by atoms with E-state index in [4.69, 9.17) is 27.9 Å². The quantitative estimate of drug-likeness (QED) is 0.751. The van der Waals surface area contributed by atoms with Crippen LogP contribution in [0.5, 0.6) is 5.88 Å². The fraction of sp³-hybridized carbons (Fsp3) is 0.200. The van der Waals surface area contributed by atoms with E-state index in [1.165, 1.54) is 7.11 Å². The summed E-state index contributed by atoms with van der Waals surface area (Å²) in [6, 6.07) is 8.33. The first kappa shape index (κ1) is 16.5. The lowest BCUT2D eigenvalue weighted by atomic mass is 10.2. The molecule has 7 nitrogen and oxygen atoms in total. The van der Waals surface area contributed by atoms with E-state index < -0.39 is 0 Å². The van der Waals surface area contributed by atoms with Crippen molar-refractivity contribution >= 4 is 40.4 Å². The number of rotatable bonds is 5. The van der Waals surface area contributed by atoms with Crippen molar-refractivity contribution in [1.82, 2.24) is 19.8 Å². The van der Waals surface area contributed by atoms with Crippen LogP contribution in [0.3, 0.4) is 0 Å². The highest BCUT2D eigenvalue weighted by atomic mass is 35.5. The lowest BCUT2D eigenvalue weighted by Gasteiger charge is -2.07. The van der Waals surface area contributed by atoms with E-state index in [9.17, 15) is 4.79 Å². The molecule has 0 unspecified atom stereocenters. The average molecular weight is 366 g/mol. The number of aryl methyl sites for hydroxylation is 1. The van der Waals surface area contributed by atoms with Gasteiger partial charge in [0.05, 0.1) is 17.8 Å². The van der Waals surface area contributed by atoms with E-state index in [2.05, 4.69) is 20.6 Å². The summed E-state index contributed by atoms with van der Waals surface area (Å²) in [7, 11) is 1.53. The third-order valence-electron chi connectivity index (χ3n) is 3.29. The van der Waals surface area contributed by atoms with Crippen LogP contribution in [0.25, 0.3) is 5.65 Å². The zero-order valence-corrected chi connectivity index (χ0v) is 14.2. The number of anilines is 1. The Hall–Kier alpha value is -2.38. The van der Waals surface area contributed by atoms with Gasteiger partial charge >= 0.3 is 0 Å². The molecule has 0 saturated heterocycles. The summed E-state index contributed by atoms with van der Waals surface area (Å²) in [6.45, 7) is 0. The SMILES string of the molecule is COc1ccc2nnc(CCC(=O)Nc3ccc(Cl)cc3Cl)n2n1. The number of nitrogens with one attached hydrogen (secondary N) is 1. The third kappa shape index (κ3) is 3.58. The number of hydrogen-bond donors (Lipinski definition) is 1. The smallest absolute Gasteiger partial charge is 0.231 e. The van der Waals surface area contributed by atoms with Gasteiger partial charge in [0.2, 0.25) is 11.8 Å². The van der Waals surface area contributed by atoms with Gasteiger partial charge in [-0.05, 0) is 24.3 Å². The van der Waals surface area contributed by atoms with Crippen LogP contribution in [0.2, 0.25) is 10.0 Å². The van der Waals surface area contributed by atoms with Crippen molar-refractivity contribution in [3.63, 3.8) is 0 Å². The number of nitrogens with zero attached hydrogens (tertiary/aromatic N) is 4. The van der Waals surface area contributed by atoms with Gasteiger partial charge in [0.15, 0.2) is 11.5 Å². The summed E-state index contributed by atoms with van der Waals surface area (Å²) in [4.78, 5) is 12.1. The molecule has 1 aromatic carbocycles. The van der Waals surface area contributed by atoms with Crippen molar-refractivity contribution in [3.05, 3.63) is 46.2 Å². The maximum atomic E-state index is 12.1. The number of hydrogen-bond acceptors (Lipinski definition) is 5. The molecule has 0 aliphatic rings. The number of fused-ring (bicyclic) bond motifs is 1.